The van der Waals surface area contributed by atoms with Crippen molar-refractivity contribution in [3.63, 3.8) is 0 Å². The Morgan fingerprint density at radius 1 is 1.00 bits per heavy atom. The molecule has 0 saturated carbocycles. The van der Waals surface area contributed by atoms with Crippen molar-refractivity contribution >= 4 is 40.2 Å². The first-order valence-corrected chi connectivity index (χ1v) is 12.8. The van der Waals surface area contributed by atoms with Crippen molar-refractivity contribution in [3.05, 3.63) is 53.6 Å². The number of aliphatic carboxylic acids is 1. The number of fused-ring (bicyclic) bond motifs is 1. The standard InChI is InChI=1S/C25H32N6O2.C2HF3O2/c1-17(2)10-11-26-24(32)19-6-9-22-21(16-19)23(29-28-22)27-25(33)18-4-7-20(8-5-18)31-14-12-30(3)13-15-31;3-2(4,5)1(6)7/h4-9,16-17H,10-15H2,1-3H3,(H,26,32)(H2,27,28,29,33);(H,6,7). The van der Waals surface area contributed by atoms with Gasteiger partial charge in [0.15, 0.2) is 5.82 Å². The van der Waals surface area contributed by atoms with Crippen LogP contribution in [0.4, 0.5) is 24.7 Å². The van der Waals surface area contributed by atoms with E-state index in [-0.39, 0.29) is 11.8 Å². The summed E-state index contributed by atoms with van der Waals surface area (Å²) < 4.78 is 31.7. The number of nitrogens with one attached hydrogen (secondary N) is 3. The van der Waals surface area contributed by atoms with Crippen molar-refractivity contribution in [2.24, 2.45) is 5.92 Å². The Hall–Kier alpha value is -4.13. The second kappa shape index (κ2) is 13.3. The van der Waals surface area contributed by atoms with Gasteiger partial charge in [-0.05, 0) is 61.9 Å². The number of carbonyl (C=O) groups excluding carboxylic acids is 2. The molecule has 2 heterocycles. The van der Waals surface area contributed by atoms with E-state index in [0.717, 1.165) is 43.8 Å². The number of carbonyl (C=O) groups is 3. The summed E-state index contributed by atoms with van der Waals surface area (Å²) in [4.78, 5) is 38.9. The van der Waals surface area contributed by atoms with E-state index in [1.807, 2.05) is 24.3 Å². The molecule has 40 heavy (non-hydrogen) atoms. The fraction of sp³-hybridized carbons (Fsp3) is 0.407. The van der Waals surface area contributed by atoms with Crippen LogP contribution in [0.3, 0.4) is 0 Å². The number of alkyl halides is 3. The predicted molar refractivity (Wildman–Crippen MR) is 146 cm³/mol. The fourth-order valence-corrected chi connectivity index (χ4v) is 3.89. The van der Waals surface area contributed by atoms with Crippen molar-refractivity contribution < 1.29 is 32.7 Å². The van der Waals surface area contributed by atoms with Crippen LogP contribution in [0.1, 0.15) is 41.0 Å². The predicted octanol–water partition coefficient (Wildman–Crippen LogP) is 3.98. The number of carboxylic acids is 1. The van der Waals surface area contributed by atoms with Crippen LogP contribution < -0.4 is 15.5 Å². The van der Waals surface area contributed by atoms with E-state index in [0.29, 0.717) is 34.8 Å². The third kappa shape index (κ3) is 8.43. The van der Waals surface area contributed by atoms with Gasteiger partial charge in [-0.15, -0.1) is 0 Å². The third-order valence-corrected chi connectivity index (χ3v) is 6.30. The molecule has 0 bridgehead atoms. The number of likely N-dealkylation sites (N-methyl/N-ethyl adjacent to an activating group) is 1. The van der Waals surface area contributed by atoms with Crippen molar-refractivity contribution in [1.82, 2.24) is 20.4 Å². The van der Waals surface area contributed by atoms with Gasteiger partial charge in [-0.1, -0.05) is 13.8 Å². The molecule has 216 valence electrons. The zero-order chi connectivity index (χ0) is 29.4. The summed E-state index contributed by atoms with van der Waals surface area (Å²) in [6.45, 7) is 8.91. The van der Waals surface area contributed by atoms with Crippen LogP contribution in [-0.4, -0.2) is 83.9 Å². The third-order valence-electron chi connectivity index (χ3n) is 6.30. The number of hydrogen-bond donors (Lipinski definition) is 4. The van der Waals surface area contributed by atoms with Crippen molar-refractivity contribution in [1.29, 1.82) is 0 Å². The number of H-pyrrole nitrogens is 1. The molecule has 1 aliphatic heterocycles. The highest BCUT2D eigenvalue weighted by atomic mass is 19.4. The van der Waals surface area contributed by atoms with Crippen molar-refractivity contribution in [2.45, 2.75) is 26.4 Å². The minimum atomic E-state index is -5.08. The Bertz CT molecular complexity index is 1320. The van der Waals surface area contributed by atoms with E-state index in [2.05, 4.69) is 51.5 Å². The molecule has 13 heteroatoms. The molecule has 4 N–H and O–H groups in total. The number of nitrogens with zero attached hydrogens (tertiary/aromatic N) is 3. The summed E-state index contributed by atoms with van der Waals surface area (Å²) in [5.41, 5.74) is 2.98. The number of rotatable bonds is 7. The molecule has 1 aromatic heterocycles. The van der Waals surface area contributed by atoms with Crippen molar-refractivity contribution in [2.75, 3.05) is 50.0 Å². The molecule has 2 aromatic carbocycles. The summed E-state index contributed by atoms with van der Waals surface area (Å²) in [5, 5.41) is 20.8. The van der Waals surface area contributed by atoms with Crippen LogP contribution in [0, 0.1) is 5.92 Å². The average molecular weight is 563 g/mol. The summed E-state index contributed by atoms with van der Waals surface area (Å²) in [6, 6.07) is 13.0. The Balaban J connectivity index is 0.000000559. The molecule has 2 amide bonds. The van der Waals surface area contributed by atoms with Crippen LogP contribution in [0.5, 0.6) is 0 Å². The number of aromatic amines is 1. The Morgan fingerprint density at radius 3 is 2.17 bits per heavy atom. The lowest BCUT2D eigenvalue weighted by molar-refractivity contribution is -0.192. The zero-order valence-electron chi connectivity index (χ0n) is 22.5. The minimum absolute atomic E-state index is 0.129. The molecule has 1 fully saturated rings. The van der Waals surface area contributed by atoms with E-state index in [4.69, 9.17) is 9.90 Å². The molecule has 0 unspecified atom stereocenters. The lowest BCUT2D eigenvalue weighted by atomic mass is 10.1. The second-order valence-electron chi connectivity index (χ2n) is 9.87. The van der Waals surface area contributed by atoms with E-state index in [1.165, 1.54) is 0 Å². The molecule has 0 aliphatic carbocycles. The molecular formula is C27H33F3N6O4. The first-order chi connectivity index (χ1) is 18.8. The molecule has 3 aromatic rings. The van der Waals surface area contributed by atoms with E-state index in [9.17, 15) is 22.8 Å². The van der Waals surface area contributed by atoms with Gasteiger partial charge in [-0.2, -0.15) is 18.3 Å². The van der Waals surface area contributed by atoms with Gasteiger partial charge in [0.05, 0.1) is 5.52 Å². The summed E-state index contributed by atoms with van der Waals surface area (Å²) in [5.74, 6) is -2.18. The minimum Gasteiger partial charge on any atom is -0.475 e. The highest BCUT2D eigenvalue weighted by molar-refractivity contribution is 6.09. The monoisotopic (exact) mass is 562 g/mol. The maximum Gasteiger partial charge on any atom is 0.490 e. The second-order valence-corrected chi connectivity index (χ2v) is 9.87. The fourth-order valence-electron chi connectivity index (χ4n) is 3.89. The first kappa shape index (κ1) is 30.4. The van der Waals surface area contributed by atoms with Crippen LogP contribution >= 0.6 is 0 Å². The lowest BCUT2D eigenvalue weighted by Gasteiger charge is -2.34. The number of amides is 2. The maximum atomic E-state index is 12.8. The van der Waals surface area contributed by atoms with Gasteiger partial charge in [-0.25, -0.2) is 4.79 Å². The molecule has 0 atom stereocenters. The number of hydrogen-bond acceptors (Lipinski definition) is 6. The molecular weight excluding hydrogens is 529 g/mol. The number of piperazine rings is 1. The highest BCUT2D eigenvalue weighted by Crippen LogP contribution is 2.23. The summed E-state index contributed by atoms with van der Waals surface area (Å²) in [7, 11) is 2.13. The van der Waals surface area contributed by atoms with Crippen LogP contribution in [0.25, 0.3) is 10.9 Å². The number of aromatic nitrogens is 2. The number of benzene rings is 2. The number of carboxylic acid groups (broad SMARTS) is 1. The van der Waals surface area contributed by atoms with Gasteiger partial charge in [-0.3, -0.25) is 14.7 Å². The van der Waals surface area contributed by atoms with Crippen LogP contribution in [0.2, 0.25) is 0 Å². The van der Waals surface area contributed by atoms with E-state index < -0.39 is 12.1 Å². The topological polar surface area (TPSA) is 131 Å². The molecule has 10 nitrogen and oxygen atoms in total. The lowest BCUT2D eigenvalue weighted by Crippen LogP contribution is -2.44. The van der Waals surface area contributed by atoms with E-state index >= 15 is 0 Å². The summed E-state index contributed by atoms with van der Waals surface area (Å²) in [6.07, 6.45) is -4.16. The normalized spacial score (nSPS) is 14.0. The van der Waals surface area contributed by atoms with Crippen LogP contribution in [0.15, 0.2) is 42.5 Å². The van der Waals surface area contributed by atoms with Gasteiger partial charge >= 0.3 is 12.1 Å². The van der Waals surface area contributed by atoms with Gasteiger partial charge in [0, 0.05) is 54.9 Å². The zero-order valence-corrected chi connectivity index (χ0v) is 22.5. The Kier molecular flexibility index (Phi) is 10.1. The van der Waals surface area contributed by atoms with E-state index in [1.54, 1.807) is 18.2 Å². The summed E-state index contributed by atoms with van der Waals surface area (Å²) >= 11 is 0. The molecule has 1 aliphatic rings. The van der Waals surface area contributed by atoms with Gasteiger partial charge in [0.25, 0.3) is 11.8 Å². The first-order valence-electron chi connectivity index (χ1n) is 12.8. The molecule has 4 rings (SSSR count). The van der Waals surface area contributed by atoms with Gasteiger partial charge in [0.1, 0.15) is 0 Å². The molecule has 1 saturated heterocycles. The molecule has 0 spiro atoms. The van der Waals surface area contributed by atoms with Crippen LogP contribution in [-0.2, 0) is 4.79 Å². The average Bonchev–Trinajstić information content (AvgIpc) is 3.30. The van der Waals surface area contributed by atoms with Gasteiger partial charge in [0.2, 0.25) is 0 Å². The Morgan fingerprint density at radius 2 is 1.60 bits per heavy atom. The van der Waals surface area contributed by atoms with Crippen molar-refractivity contribution in [3.8, 4) is 0 Å². The molecule has 0 radical (unpaired) electrons. The quantitative estimate of drug-likeness (QED) is 0.343. The maximum absolute atomic E-state index is 12.8. The smallest absolute Gasteiger partial charge is 0.475 e. The Labute approximate surface area is 229 Å². The highest BCUT2D eigenvalue weighted by Gasteiger charge is 2.38. The SMILES string of the molecule is CC(C)CCNC(=O)c1ccc2[nH]nc(NC(=O)c3ccc(N4CCN(C)CC4)cc3)c2c1.O=C(O)C(F)(F)F. The number of anilines is 2. The number of halogens is 3. The van der Waals surface area contributed by atoms with Gasteiger partial charge < -0.3 is 25.5 Å². The largest absolute Gasteiger partial charge is 0.490 e.